The van der Waals surface area contributed by atoms with Crippen molar-refractivity contribution in [2.24, 2.45) is 0 Å². The van der Waals surface area contributed by atoms with Gasteiger partial charge in [0, 0.05) is 18.2 Å². The molecule has 0 aliphatic heterocycles. The summed E-state index contributed by atoms with van der Waals surface area (Å²) in [5.74, 6) is -1.02. The average molecular weight is 391 g/mol. The van der Waals surface area contributed by atoms with Crippen LogP contribution in [-0.4, -0.2) is 25.3 Å². The number of aryl methyl sites for hydroxylation is 1. The lowest BCUT2D eigenvalue weighted by Crippen LogP contribution is -2.34. The topological polar surface area (TPSA) is 104 Å². The van der Waals surface area contributed by atoms with E-state index >= 15 is 0 Å². The van der Waals surface area contributed by atoms with Gasteiger partial charge in [0.1, 0.15) is 0 Å². The number of benzene rings is 2. The number of thiocarbonyl (C=S) groups is 1. The van der Waals surface area contributed by atoms with Crippen molar-refractivity contribution in [1.29, 1.82) is 0 Å². The molecule has 0 atom stereocenters. The lowest BCUT2D eigenvalue weighted by molar-refractivity contribution is -0.117. The maximum absolute atomic E-state index is 12.1. The van der Waals surface area contributed by atoms with Crippen LogP contribution in [0.3, 0.4) is 0 Å². The number of hydrogen-bond donors (Lipinski definition) is 3. The lowest BCUT2D eigenvalue weighted by atomic mass is 10.1. The summed E-state index contributed by atoms with van der Waals surface area (Å²) >= 11 is 5.09. The van der Waals surface area contributed by atoms with Crippen LogP contribution in [-0.2, 0) is 14.8 Å². The van der Waals surface area contributed by atoms with E-state index in [1.54, 1.807) is 18.2 Å². The molecule has 2 rings (SSSR count). The largest absolute Gasteiger partial charge is 0.332 e. The highest BCUT2D eigenvalue weighted by molar-refractivity contribution is 7.90. The number of rotatable bonds is 4. The second kappa shape index (κ2) is 8.07. The van der Waals surface area contributed by atoms with Gasteiger partial charge in [-0.3, -0.25) is 14.9 Å². The molecule has 0 aliphatic rings. The van der Waals surface area contributed by atoms with Gasteiger partial charge in [-0.15, -0.1) is 0 Å². The number of anilines is 1. The van der Waals surface area contributed by atoms with E-state index in [2.05, 4.69) is 10.6 Å². The maximum atomic E-state index is 12.1. The number of hydrogen-bond acceptors (Lipinski definition) is 5. The summed E-state index contributed by atoms with van der Waals surface area (Å²) in [6, 6.07) is 12.6. The Kier molecular flexibility index (Phi) is 6.06. The molecule has 0 heterocycles. The van der Waals surface area contributed by atoms with Crippen LogP contribution in [0.5, 0.6) is 0 Å². The van der Waals surface area contributed by atoms with Crippen molar-refractivity contribution in [3.05, 3.63) is 59.7 Å². The summed E-state index contributed by atoms with van der Waals surface area (Å²) in [4.78, 5) is 23.0. The molecule has 136 valence electrons. The van der Waals surface area contributed by atoms with Crippen molar-refractivity contribution in [2.75, 3.05) is 5.32 Å². The minimum Gasteiger partial charge on any atom is -0.332 e. The molecule has 3 N–H and O–H groups in total. The van der Waals surface area contributed by atoms with E-state index in [1.807, 2.05) is 17.7 Å². The van der Waals surface area contributed by atoms with Gasteiger partial charge in [-0.2, -0.15) is 0 Å². The predicted octanol–water partition coefficient (Wildman–Crippen LogP) is 1.95. The van der Waals surface area contributed by atoms with Gasteiger partial charge in [-0.05, 0) is 55.5 Å². The standard InChI is InChI=1S/C17H17N3O4S2/c1-11-4-3-5-13(10-11)16(22)19-17(25)18-14-6-8-15(9-7-14)26(23,24)20-12(2)21/h3-10H,1-2H3,(H,20,21)(H2,18,19,22,25). The molecular weight excluding hydrogens is 374 g/mol. The molecule has 7 nitrogen and oxygen atoms in total. The fourth-order valence-corrected chi connectivity index (χ4v) is 3.29. The fraction of sp³-hybridized carbons (Fsp3) is 0.118. The fourth-order valence-electron chi connectivity index (χ4n) is 2.09. The van der Waals surface area contributed by atoms with E-state index in [0.29, 0.717) is 11.3 Å². The zero-order valence-corrected chi connectivity index (χ0v) is 15.7. The van der Waals surface area contributed by atoms with Crippen LogP contribution >= 0.6 is 12.2 Å². The number of carbonyl (C=O) groups excluding carboxylic acids is 2. The third kappa shape index (κ3) is 5.36. The van der Waals surface area contributed by atoms with Crippen LogP contribution in [0.1, 0.15) is 22.8 Å². The summed E-state index contributed by atoms with van der Waals surface area (Å²) in [6.07, 6.45) is 0. The van der Waals surface area contributed by atoms with Crippen LogP contribution in [0.4, 0.5) is 5.69 Å². The first-order valence-corrected chi connectivity index (χ1v) is 9.39. The van der Waals surface area contributed by atoms with Gasteiger partial charge in [0.25, 0.3) is 15.9 Å². The van der Waals surface area contributed by atoms with Gasteiger partial charge in [-0.25, -0.2) is 13.1 Å². The zero-order valence-electron chi connectivity index (χ0n) is 14.1. The van der Waals surface area contributed by atoms with Crippen molar-refractivity contribution >= 4 is 44.9 Å². The monoisotopic (exact) mass is 391 g/mol. The number of sulfonamides is 1. The smallest absolute Gasteiger partial charge is 0.264 e. The number of nitrogens with one attached hydrogen (secondary N) is 3. The Morgan fingerprint density at radius 3 is 2.27 bits per heavy atom. The Morgan fingerprint density at radius 2 is 1.69 bits per heavy atom. The maximum Gasteiger partial charge on any atom is 0.264 e. The molecule has 26 heavy (non-hydrogen) atoms. The lowest BCUT2D eigenvalue weighted by Gasteiger charge is -2.11. The Hall–Kier alpha value is -2.78. The molecule has 2 amide bonds. The molecular formula is C17H17N3O4S2. The SMILES string of the molecule is CC(=O)NS(=O)(=O)c1ccc(NC(=S)NC(=O)c2cccc(C)c2)cc1. The molecule has 0 aliphatic carbocycles. The van der Waals surface area contributed by atoms with Crippen molar-refractivity contribution < 1.29 is 18.0 Å². The highest BCUT2D eigenvalue weighted by atomic mass is 32.2. The predicted molar refractivity (Wildman–Crippen MR) is 102 cm³/mol. The minimum absolute atomic E-state index is 0.0621. The normalized spacial score (nSPS) is 10.7. The third-order valence-corrected chi connectivity index (χ3v) is 4.86. The van der Waals surface area contributed by atoms with Gasteiger partial charge in [0.05, 0.1) is 4.90 Å². The minimum atomic E-state index is -3.89. The Balaban J connectivity index is 2.01. The van der Waals surface area contributed by atoms with Gasteiger partial charge in [-0.1, -0.05) is 17.7 Å². The zero-order chi connectivity index (χ0) is 19.3. The summed E-state index contributed by atoms with van der Waals surface area (Å²) in [5, 5.41) is 5.42. The van der Waals surface area contributed by atoms with Crippen LogP contribution < -0.4 is 15.4 Å². The first-order chi connectivity index (χ1) is 12.2. The van der Waals surface area contributed by atoms with Gasteiger partial charge < -0.3 is 5.32 Å². The number of carbonyl (C=O) groups is 2. The summed E-state index contributed by atoms with van der Waals surface area (Å²) < 4.78 is 25.6. The molecule has 0 aromatic heterocycles. The Morgan fingerprint density at radius 1 is 1.04 bits per heavy atom. The van der Waals surface area contributed by atoms with E-state index < -0.39 is 15.9 Å². The van der Waals surface area contributed by atoms with Crippen molar-refractivity contribution in [3.63, 3.8) is 0 Å². The van der Waals surface area contributed by atoms with E-state index in [0.717, 1.165) is 12.5 Å². The average Bonchev–Trinajstić information content (AvgIpc) is 2.54. The second-order valence-corrected chi connectivity index (χ2v) is 7.55. The first-order valence-electron chi connectivity index (χ1n) is 7.50. The van der Waals surface area contributed by atoms with Gasteiger partial charge in [0.2, 0.25) is 5.91 Å². The van der Waals surface area contributed by atoms with Crippen molar-refractivity contribution in [3.8, 4) is 0 Å². The van der Waals surface area contributed by atoms with Gasteiger partial charge in [0.15, 0.2) is 5.11 Å². The number of amides is 2. The van der Waals surface area contributed by atoms with Gasteiger partial charge >= 0.3 is 0 Å². The van der Waals surface area contributed by atoms with Crippen LogP contribution in [0.15, 0.2) is 53.4 Å². The molecule has 0 bridgehead atoms. The molecule has 9 heteroatoms. The molecule has 0 spiro atoms. The summed E-state index contributed by atoms with van der Waals surface area (Å²) in [6.45, 7) is 2.99. The van der Waals surface area contributed by atoms with Crippen LogP contribution in [0.25, 0.3) is 0 Å². The van der Waals surface area contributed by atoms with Crippen LogP contribution in [0.2, 0.25) is 0 Å². The molecule has 0 unspecified atom stereocenters. The van der Waals surface area contributed by atoms with E-state index in [4.69, 9.17) is 12.2 Å². The highest BCUT2D eigenvalue weighted by Gasteiger charge is 2.15. The quantitative estimate of drug-likeness (QED) is 0.688. The molecule has 0 radical (unpaired) electrons. The Labute approximate surface area is 156 Å². The third-order valence-electron chi connectivity index (χ3n) is 3.21. The summed E-state index contributed by atoms with van der Waals surface area (Å²) in [5.41, 5.74) is 1.92. The molecule has 0 saturated heterocycles. The summed E-state index contributed by atoms with van der Waals surface area (Å²) in [7, 11) is -3.89. The van der Waals surface area contributed by atoms with E-state index in [1.165, 1.54) is 24.3 Å². The van der Waals surface area contributed by atoms with Crippen molar-refractivity contribution in [1.82, 2.24) is 10.0 Å². The Bertz CT molecular complexity index is 954. The van der Waals surface area contributed by atoms with Crippen LogP contribution in [0, 0.1) is 6.92 Å². The second-order valence-electron chi connectivity index (χ2n) is 5.46. The molecule has 2 aromatic carbocycles. The van der Waals surface area contributed by atoms with Crippen molar-refractivity contribution in [2.45, 2.75) is 18.7 Å². The molecule has 0 fully saturated rings. The van der Waals surface area contributed by atoms with E-state index in [-0.39, 0.29) is 15.9 Å². The first kappa shape index (κ1) is 19.5. The molecule has 0 saturated carbocycles. The molecule has 2 aromatic rings. The van der Waals surface area contributed by atoms with E-state index in [9.17, 15) is 18.0 Å². The highest BCUT2D eigenvalue weighted by Crippen LogP contribution is 2.14.